The number of carbonyl (C=O) groups is 1. The van der Waals surface area contributed by atoms with Crippen molar-refractivity contribution in [3.8, 4) is 5.75 Å². The Bertz CT molecular complexity index is 442. The third-order valence-electron chi connectivity index (χ3n) is 1.98. The summed E-state index contributed by atoms with van der Waals surface area (Å²) in [6, 6.07) is 5.21. The van der Waals surface area contributed by atoms with Crippen molar-refractivity contribution in [1.82, 2.24) is 0 Å². The van der Waals surface area contributed by atoms with Crippen LogP contribution in [0.1, 0.15) is 5.56 Å². The normalized spacial score (nSPS) is 9.44. The molecule has 1 aromatic rings. The van der Waals surface area contributed by atoms with Gasteiger partial charge < -0.3 is 4.74 Å². The molecule has 1 aromatic carbocycles. The van der Waals surface area contributed by atoms with Crippen molar-refractivity contribution in [2.24, 2.45) is 0 Å². The lowest BCUT2D eigenvalue weighted by atomic mass is 10.1. The lowest BCUT2D eigenvalue weighted by Crippen LogP contribution is -1.99. The highest BCUT2D eigenvalue weighted by Crippen LogP contribution is 2.34. The van der Waals surface area contributed by atoms with Crippen LogP contribution in [-0.4, -0.2) is 24.5 Å². The first-order valence-electron chi connectivity index (χ1n) is 4.32. The van der Waals surface area contributed by atoms with Gasteiger partial charge in [-0.25, -0.2) is 4.79 Å². The summed E-state index contributed by atoms with van der Waals surface area (Å²) >= 11 is 6.73. The number of halogens is 1. The van der Waals surface area contributed by atoms with Crippen LogP contribution in [0, 0.1) is 0 Å². The standard InChI is InChI=1S/C11H9ClO3S/c1-15-8-4-3-5-9(16-2)10(8)7(6-13)11(12)14/h3-5H,1-2H3. The van der Waals surface area contributed by atoms with Crippen LogP contribution in [0.5, 0.6) is 5.75 Å². The van der Waals surface area contributed by atoms with E-state index < -0.39 is 5.24 Å². The first-order valence-corrected chi connectivity index (χ1v) is 5.92. The summed E-state index contributed by atoms with van der Waals surface area (Å²) in [5.41, 5.74) is 0.191. The van der Waals surface area contributed by atoms with E-state index in [1.807, 2.05) is 6.26 Å². The molecule has 0 aliphatic heterocycles. The molecular formula is C11H9ClO3S. The van der Waals surface area contributed by atoms with Crippen LogP contribution in [0.3, 0.4) is 0 Å². The van der Waals surface area contributed by atoms with Gasteiger partial charge in [-0.05, 0) is 30.0 Å². The number of rotatable bonds is 4. The predicted molar refractivity (Wildman–Crippen MR) is 64.7 cm³/mol. The fourth-order valence-corrected chi connectivity index (χ4v) is 2.04. The molecule has 5 heteroatoms. The second kappa shape index (κ2) is 5.75. The molecule has 0 atom stereocenters. The summed E-state index contributed by atoms with van der Waals surface area (Å²) in [6.45, 7) is 0. The van der Waals surface area contributed by atoms with E-state index in [9.17, 15) is 9.59 Å². The molecule has 3 nitrogen and oxygen atoms in total. The Labute approximate surface area is 102 Å². The molecule has 84 valence electrons. The molecule has 0 aromatic heterocycles. The van der Waals surface area contributed by atoms with Gasteiger partial charge in [-0.3, -0.25) is 4.79 Å². The van der Waals surface area contributed by atoms with E-state index in [1.165, 1.54) is 18.9 Å². The summed E-state index contributed by atoms with van der Waals surface area (Å²) in [6.07, 6.45) is 1.83. The van der Waals surface area contributed by atoms with Gasteiger partial charge in [-0.2, -0.15) is 0 Å². The maximum atomic E-state index is 11.1. The molecule has 0 unspecified atom stereocenters. The second-order valence-electron chi connectivity index (χ2n) is 2.79. The Hall–Kier alpha value is -1.22. The molecule has 0 aliphatic carbocycles. The molecule has 0 spiro atoms. The Kier molecular flexibility index (Phi) is 4.62. The minimum Gasteiger partial charge on any atom is -0.496 e. The maximum Gasteiger partial charge on any atom is 0.264 e. The lowest BCUT2D eigenvalue weighted by Gasteiger charge is -2.10. The number of hydrogen-bond acceptors (Lipinski definition) is 4. The molecule has 0 heterocycles. The molecule has 0 aliphatic rings. The smallest absolute Gasteiger partial charge is 0.264 e. The monoisotopic (exact) mass is 256 g/mol. The van der Waals surface area contributed by atoms with E-state index in [1.54, 1.807) is 24.1 Å². The predicted octanol–water partition coefficient (Wildman–Crippen LogP) is 2.40. The number of allylic oxidation sites excluding steroid dienone is 1. The fourth-order valence-electron chi connectivity index (χ4n) is 1.29. The third kappa shape index (κ3) is 2.47. The lowest BCUT2D eigenvalue weighted by molar-refractivity contribution is -0.106. The van der Waals surface area contributed by atoms with Crippen molar-refractivity contribution < 1.29 is 14.3 Å². The quantitative estimate of drug-likeness (QED) is 0.359. The van der Waals surface area contributed by atoms with Gasteiger partial charge in [-0.1, -0.05) is 6.07 Å². The highest BCUT2D eigenvalue weighted by molar-refractivity contribution is 7.98. The number of carbonyl (C=O) groups excluding carboxylic acids is 2. The Morgan fingerprint density at radius 2 is 2.19 bits per heavy atom. The molecule has 0 radical (unpaired) electrons. The summed E-state index contributed by atoms with van der Waals surface area (Å²) < 4.78 is 5.10. The van der Waals surface area contributed by atoms with Gasteiger partial charge in [0.15, 0.2) is 0 Å². The summed E-state index contributed by atoms with van der Waals surface area (Å²) in [5.74, 6) is 1.99. The van der Waals surface area contributed by atoms with Crippen LogP contribution in [0.2, 0.25) is 0 Å². The van der Waals surface area contributed by atoms with Gasteiger partial charge >= 0.3 is 0 Å². The zero-order chi connectivity index (χ0) is 12.1. The summed E-state index contributed by atoms with van der Waals surface area (Å²) in [5, 5.41) is -0.838. The average molecular weight is 257 g/mol. The zero-order valence-corrected chi connectivity index (χ0v) is 10.3. The van der Waals surface area contributed by atoms with Crippen LogP contribution < -0.4 is 4.74 Å². The largest absolute Gasteiger partial charge is 0.496 e. The number of ether oxygens (including phenoxy) is 1. The molecule has 1 rings (SSSR count). The maximum absolute atomic E-state index is 11.1. The molecule has 0 fully saturated rings. The van der Waals surface area contributed by atoms with Gasteiger partial charge in [0.25, 0.3) is 5.24 Å². The van der Waals surface area contributed by atoms with Crippen molar-refractivity contribution in [3.05, 3.63) is 23.8 Å². The molecule has 0 N–H and O–H groups in total. The van der Waals surface area contributed by atoms with E-state index in [0.717, 1.165) is 4.90 Å². The van der Waals surface area contributed by atoms with Crippen LogP contribution in [0.15, 0.2) is 23.1 Å². The Morgan fingerprint density at radius 1 is 1.50 bits per heavy atom. The van der Waals surface area contributed by atoms with Crippen molar-refractivity contribution in [2.45, 2.75) is 4.90 Å². The topological polar surface area (TPSA) is 43.4 Å². The molecule has 0 amide bonds. The molecular weight excluding hydrogens is 248 g/mol. The van der Waals surface area contributed by atoms with Gasteiger partial charge in [0.2, 0.25) is 0 Å². The third-order valence-corrected chi connectivity index (χ3v) is 2.95. The highest BCUT2D eigenvalue weighted by Gasteiger charge is 2.19. The van der Waals surface area contributed by atoms with Gasteiger partial charge in [0, 0.05) is 4.90 Å². The SMILES string of the molecule is COc1cccc(SC)c1C(=C=O)C(=O)Cl. The number of hydrogen-bond donors (Lipinski definition) is 0. The van der Waals surface area contributed by atoms with Gasteiger partial charge in [0.05, 0.1) is 12.7 Å². The highest BCUT2D eigenvalue weighted by atomic mass is 35.5. The van der Waals surface area contributed by atoms with Crippen molar-refractivity contribution in [3.63, 3.8) is 0 Å². The molecule has 0 saturated heterocycles. The van der Waals surface area contributed by atoms with E-state index >= 15 is 0 Å². The van der Waals surface area contributed by atoms with E-state index in [-0.39, 0.29) is 5.57 Å². The number of benzene rings is 1. The number of thioether (sulfide) groups is 1. The average Bonchev–Trinajstić information content (AvgIpc) is 2.29. The van der Waals surface area contributed by atoms with Gasteiger partial charge in [0.1, 0.15) is 17.3 Å². The summed E-state index contributed by atoms with van der Waals surface area (Å²) in [4.78, 5) is 22.6. The van der Waals surface area contributed by atoms with Crippen molar-refractivity contribution in [1.29, 1.82) is 0 Å². The van der Waals surface area contributed by atoms with E-state index in [0.29, 0.717) is 11.3 Å². The number of methoxy groups -OCH3 is 1. The summed E-state index contributed by atoms with van der Waals surface area (Å²) in [7, 11) is 1.46. The van der Waals surface area contributed by atoms with Crippen LogP contribution in [-0.2, 0) is 9.59 Å². The van der Waals surface area contributed by atoms with Crippen molar-refractivity contribution in [2.75, 3.05) is 13.4 Å². The van der Waals surface area contributed by atoms with Crippen LogP contribution >= 0.6 is 23.4 Å². The zero-order valence-electron chi connectivity index (χ0n) is 8.74. The molecule has 0 bridgehead atoms. The van der Waals surface area contributed by atoms with Gasteiger partial charge in [-0.15, -0.1) is 11.8 Å². The van der Waals surface area contributed by atoms with Crippen LogP contribution in [0.4, 0.5) is 0 Å². The fraction of sp³-hybridized carbons (Fsp3) is 0.182. The minimum absolute atomic E-state index is 0.205. The molecule has 16 heavy (non-hydrogen) atoms. The minimum atomic E-state index is -0.838. The second-order valence-corrected chi connectivity index (χ2v) is 3.98. The Morgan fingerprint density at radius 3 is 2.62 bits per heavy atom. The first kappa shape index (κ1) is 12.8. The van der Waals surface area contributed by atoms with Crippen LogP contribution in [0.25, 0.3) is 5.57 Å². The van der Waals surface area contributed by atoms with E-state index in [2.05, 4.69) is 0 Å². The Balaban J connectivity index is 3.50. The van der Waals surface area contributed by atoms with Crippen molar-refractivity contribution >= 4 is 40.1 Å². The molecule has 0 saturated carbocycles. The first-order chi connectivity index (χ1) is 7.65. The van der Waals surface area contributed by atoms with E-state index in [4.69, 9.17) is 16.3 Å².